The predicted octanol–water partition coefficient (Wildman–Crippen LogP) is 3.41. The van der Waals surface area contributed by atoms with Crippen molar-refractivity contribution in [2.75, 3.05) is 4.90 Å². The summed E-state index contributed by atoms with van der Waals surface area (Å²) in [4.78, 5) is 24.0. The van der Waals surface area contributed by atoms with E-state index in [1.165, 1.54) is 0 Å². The molecule has 0 radical (unpaired) electrons. The fourth-order valence-corrected chi connectivity index (χ4v) is 5.93. The number of rotatable bonds is 3. The van der Waals surface area contributed by atoms with Gasteiger partial charge in [-0.3, -0.25) is 14.0 Å². The van der Waals surface area contributed by atoms with E-state index in [1.54, 1.807) is 4.57 Å². The van der Waals surface area contributed by atoms with E-state index >= 15 is 0 Å². The van der Waals surface area contributed by atoms with Crippen molar-refractivity contribution in [1.82, 2.24) is 24.3 Å². The van der Waals surface area contributed by atoms with Gasteiger partial charge in [0.1, 0.15) is 5.65 Å². The van der Waals surface area contributed by atoms with E-state index < -0.39 is 0 Å². The van der Waals surface area contributed by atoms with Gasteiger partial charge in [0.05, 0.1) is 15.9 Å². The minimum atomic E-state index is -0.0732. The Morgan fingerprint density at radius 1 is 1.22 bits per heavy atom. The molecule has 8 nitrogen and oxygen atoms in total. The van der Waals surface area contributed by atoms with Crippen molar-refractivity contribution < 1.29 is 0 Å². The Bertz CT molecular complexity index is 1400. The zero-order valence-corrected chi connectivity index (χ0v) is 18.9. The molecule has 2 aliphatic rings. The molecule has 6 rings (SSSR count). The van der Waals surface area contributed by atoms with Crippen LogP contribution in [0, 0.1) is 0 Å². The van der Waals surface area contributed by atoms with Gasteiger partial charge in [-0.25, -0.2) is 0 Å². The number of fused-ring (bicyclic) bond motifs is 4. The van der Waals surface area contributed by atoms with Crippen LogP contribution in [0.4, 0.5) is 5.95 Å². The molecular formula is C23H26ClN7O. The molecule has 3 aromatic heterocycles. The van der Waals surface area contributed by atoms with Crippen molar-refractivity contribution in [2.45, 2.75) is 57.3 Å². The summed E-state index contributed by atoms with van der Waals surface area (Å²) < 4.78 is 3.55. The largest absolute Gasteiger partial charge is 0.345 e. The first-order valence-corrected chi connectivity index (χ1v) is 11.6. The van der Waals surface area contributed by atoms with Gasteiger partial charge in [0.15, 0.2) is 0 Å². The SMILES string of the molecule is CCn1cc2c(Cl)c(-c3c[nH]c4nc(N5[C@@H]6CC[C@H]5CC(N)C6)n(C)c(=O)c34)ccc2n1. The molecule has 0 spiro atoms. The van der Waals surface area contributed by atoms with Gasteiger partial charge in [-0.1, -0.05) is 17.7 Å². The number of hydrogen-bond donors (Lipinski definition) is 2. The summed E-state index contributed by atoms with van der Waals surface area (Å²) >= 11 is 6.79. The predicted molar refractivity (Wildman–Crippen MR) is 127 cm³/mol. The Morgan fingerprint density at radius 2 is 1.97 bits per heavy atom. The average Bonchev–Trinajstić information content (AvgIpc) is 3.46. The first-order valence-electron chi connectivity index (χ1n) is 11.2. The van der Waals surface area contributed by atoms with E-state index in [-0.39, 0.29) is 11.6 Å². The summed E-state index contributed by atoms with van der Waals surface area (Å²) in [6.45, 7) is 2.81. The average molecular weight is 452 g/mol. The second-order valence-corrected chi connectivity index (χ2v) is 9.45. The maximum absolute atomic E-state index is 13.6. The van der Waals surface area contributed by atoms with Crippen molar-refractivity contribution in [3.8, 4) is 11.1 Å². The van der Waals surface area contributed by atoms with Crippen molar-refractivity contribution in [3.63, 3.8) is 0 Å². The lowest BCUT2D eigenvalue weighted by Gasteiger charge is -2.38. The highest BCUT2D eigenvalue weighted by Crippen LogP contribution is 2.39. The van der Waals surface area contributed by atoms with Crippen molar-refractivity contribution in [2.24, 2.45) is 12.8 Å². The quantitative estimate of drug-likeness (QED) is 0.497. The maximum Gasteiger partial charge on any atom is 0.264 e. The summed E-state index contributed by atoms with van der Waals surface area (Å²) in [7, 11) is 1.81. The van der Waals surface area contributed by atoms with E-state index in [4.69, 9.17) is 22.3 Å². The van der Waals surface area contributed by atoms with Crippen molar-refractivity contribution in [1.29, 1.82) is 0 Å². The van der Waals surface area contributed by atoms with Crippen LogP contribution in [0.5, 0.6) is 0 Å². The van der Waals surface area contributed by atoms with Crippen LogP contribution < -0.4 is 16.2 Å². The second-order valence-electron chi connectivity index (χ2n) is 9.07. The van der Waals surface area contributed by atoms with Crippen LogP contribution in [0.2, 0.25) is 5.02 Å². The molecule has 0 amide bonds. The van der Waals surface area contributed by atoms with Crippen molar-refractivity contribution >= 4 is 39.5 Å². The molecule has 1 aromatic carbocycles. The fraction of sp³-hybridized carbons (Fsp3) is 0.435. The van der Waals surface area contributed by atoms with E-state index in [9.17, 15) is 4.79 Å². The summed E-state index contributed by atoms with van der Waals surface area (Å²) in [5.74, 6) is 0.723. The van der Waals surface area contributed by atoms with Crippen LogP contribution in [0.25, 0.3) is 33.1 Å². The Kier molecular flexibility index (Phi) is 4.39. The molecule has 3 N–H and O–H groups in total. The molecule has 4 aromatic rings. The number of piperidine rings is 1. The molecule has 5 heterocycles. The zero-order chi connectivity index (χ0) is 22.1. The highest BCUT2D eigenvalue weighted by atomic mass is 35.5. The summed E-state index contributed by atoms with van der Waals surface area (Å²) in [5, 5.41) is 6.56. The molecule has 9 heteroatoms. The molecule has 2 bridgehead atoms. The van der Waals surface area contributed by atoms with Crippen LogP contribution in [0.1, 0.15) is 32.6 Å². The van der Waals surface area contributed by atoms with Crippen LogP contribution in [-0.2, 0) is 13.6 Å². The van der Waals surface area contributed by atoms with Gasteiger partial charge >= 0.3 is 0 Å². The Hall–Kier alpha value is -2.84. The molecule has 2 fully saturated rings. The van der Waals surface area contributed by atoms with E-state index in [0.717, 1.165) is 60.2 Å². The van der Waals surface area contributed by atoms with Gasteiger partial charge in [0.2, 0.25) is 5.95 Å². The highest BCUT2D eigenvalue weighted by Gasteiger charge is 2.41. The van der Waals surface area contributed by atoms with Gasteiger partial charge in [0, 0.05) is 60.6 Å². The number of nitrogens with zero attached hydrogens (tertiary/aromatic N) is 5. The zero-order valence-electron chi connectivity index (χ0n) is 18.2. The van der Waals surface area contributed by atoms with Gasteiger partial charge in [-0.05, 0) is 38.7 Å². The molecule has 1 unspecified atom stereocenters. The van der Waals surface area contributed by atoms with Crippen LogP contribution in [0.15, 0.2) is 29.3 Å². The molecular weight excluding hydrogens is 426 g/mol. The van der Waals surface area contributed by atoms with Gasteiger partial charge in [-0.2, -0.15) is 10.1 Å². The monoisotopic (exact) mass is 451 g/mol. The third kappa shape index (κ3) is 2.75. The third-order valence-electron chi connectivity index (χ3n) is 7.18. The number of benzene rings is 1. The fourth-order valence-electron chi connectivity index (χ4n) is 5.62. The minimum absolute atomic E-state index is 0.0732. The lowest BCUT2D eigenvalue weighted by atomic mass is 9.98. The Labute approximate surface area is 190 Å². The lowest BCUT2D eigenvalue weighted by Crippen LogP contribution is -2.49. The molecule has 3 atom stereocenters. The van der Waals surface area contributed by atoms with Gasteiger partial charge in [-0.15, -0.1) is 0 Å². The van der Waals surface area contributed by atoms with Gasteiger partial charge in [0.25, 0.3) is 5.56 Å². The minimum Gasteiger partial charge on any atom is -0.345 e. The molecule has 0 aliphatic carbocycles. The lowest BCUT2D eigenvalue weighted by molar-refractivity contribution is 0.405. The van der Waals surface area contributed by atoms with Gasteiger partial charge < -0.3 is 15.6 Å². The summed E-state index contributed by atoms with van der Waals surface area (Å²) in [6.07, 6.45) is 7.87. The number of nitrogens with one attached hydrogen (secondary N) is 1. The summed E-state index contributed by atoms with van der Waals surface area (Å²) in [6, 6.07) is 4.81. The maximum atomic E-state index is 13.6. The number of nitrogens with two attached hydrogens (primary N) is 1. The number of hydrogen-bond acceptors (Lipinski definition) is 5. The summed E-state index contributed by atoms with van der Waals surface area (Å²) in [5.41, 5.74) is 9.17. The van der Waals surface area contributed by atoms with E-state index in [1.807, 2.05) is 43.2 Å². The van der Waals surface area contributed by atoms with Crippen LogP contribution in [0.3, 0.4) is 0 Å². The van der Waals surface area contributed by atoms with Crippen LogP contribution >= 0.6 is 11.6 Å². The number of halogens is 1. The molecule has 2 saturated heterocycles. The first kappa shape index (κ1) is 19.8. The van der Waals surface area contributed by atoms with Crippen molar-refractivity contribution in [3.05, 3.63) is 39.9 Å². The van der Waals surface area contributed by atoms with E-state index in [2.05, 4.69) is 15.0 Å². The number of H-pyrrole nitrogens is 1. The smallest absolute Gasteiger partial charge is 0.264 e. The van der Waals surface area contributed by atoms with E-state index in [0.29, 0.717) is 28.1 Å². The molecule has 166 valence electrons. The first-order chi connectivity index (χ1) is 15.5. The highest BCUT2D eigenvalue weighted by molar-refractivity contribution is 6.38. The normalized spacial score (nSPS) is 23.0. The standard InChI is InChI=1S/C23H26ClN7O/c1-3-30-11-17-18(28-30)7-6-15(20(17)24)16-10-26-21-19(16)22(32)29(2)23(27-21)31-13-4-5-14(31)9-12(25)8-13/h6-7,10-14,26H,3-5,8-9,25H2,1-2H3/t12?,13-,14+. The Balaban J connectivity index is 1.50. The number of aryl methyl sites for hydroxylation is 1. The number of anilines is 1. The molecule has 2 aliphatic heterocycles. The van der Waals surface area contributed by atoms with Crippen LogP contribution in [-0.4, -0.2) is 42.4 Å². The molecule has 0 saturated carbocycles. The Morgan fingerprint density at radius 3 is 2.69 bits per heavy atom. The topological polar surface area (TPSA) is 97.8 Å². The molecule has 32 heavy (non-hydrogen) atoms. The third-order valence-corrected chi connectivity index (χ3v) is 7.58. The number of aromatic amines is 1. The number of aromatic nitrogens is 5. The second kappa shape index (κ2) is 7.08.